The molecule has 0 radical (unpaired) electrons. The van der Waals surface area contributed by atoms with Crippen molar-refractivity contribution < 1.29 is 9.18 Å². The van der Waals surface area contributed by atoms with Crippen LogP contribution in [0.15, 0.2) is 42.5 Å². The van der Waals surface area contributed by atoms with Gasteiger partial charge in [0.1, 0.15) is 12.4 Å². The van der Waals surface area contributed by atoms with Crippen LogP contribution in [-0.2, 0) is 6.54 Å². The summed E-state index contributed by atoms with van der Waals surface area (Å²) in [7, 11) is 0. The quantitative estimate of drug-likeness (QED) is 0.673. The minimum absolute atomic E-state index is 0.116. The fourth-order valence-corrected chi connectivity index (χ4v) is 2.47. The first-order valence-electron chi connectivity index (χ1n) is 6.55. The summed E-state index contributed by atoms with van der Waals surface area (Å²) in [6.45, 7) is -0.116. The topological polar surface area (TPSA) is 60.7 Å². The molecule has 0 spiro atoms. The van der Waals surface area contributed by atoms with Crippen molar-refractivity contribution in [2.45, 2.75) is 6.54 Å². The predicted octanol–water partition coefficient (Wildman–Crippen LogP) is 3.67. The molecule has 0 bridgehead atoms. The first-order chi connectivity index (χ1) is 11.0. The minimum Gasteiger partial charge on any atom is -0.292 e. The van der Waals surface area contributed by atoms with Gasteiger partial charge in [0.05, 0.1) is 5.02 Å². The molecule has 0 atom stereocenters. The van der Waals surface area contributed by atoms with Crippen LogP contribution in [0.1, 0.15) is 10.4 Å². The highest BCUT2D eigenvalue weighted by Crippen LogP contribution is 2.21. The van der Waals surface area contributed by atoms with Crippen LogP contribution in [0.3, 0.4) is 0 Å². The highest BCUT2D eigenvalue weighted by molar-refractivity contribution is 6.36. The number of benzene rings is 2. The summed E-state index contributed by atoms with van der Waals surface area (Å²) in [6, 6.07) is 10.3. The Labute approximate surface area is 140 Å². The second-order valence-electron chi connectivity index (χ2n) is 4.70. The first kappa shape index (κ1) is 15.6. The van der Waals surface area contributed by atoms with Crippen LogP contribution in [0, 0.1) is 5.82 Å². The number of carbonyl (C=O) groups is 1. The van der Waals surface area contributed by atoms with Crippen molar-refractivity contribution in [3.63, 3.8) is 0 Å². The summed E-state index contributed by atoms with van der Waals surface area (Å²) in [5.74, 6) is -0.316. The lowest BCUT2D eigenvalue weighted by molar-refractivity contribution is 0.0961. The molecule has 0 fully saturated rings. The van der Waals surface area contributed by atoms with E-state index in [1.807, 2.05) is 0 Å². The Kier molecular flexibility index (Phi) is 4.36. The molecule has 3 rings (SSSR count). The predicted molar refractivity (Wildman–Crippen MR) is 84.0 cm³/mol. The van der Waals surface area contributed by atoms with E-state index in [-0.39, 0.29) is 23.2 Å². The van der Waals surface area contributed by atoms with Crippen LogP contribution in [0.25, 0.3) is 11.4 Å². The van der Waals surface area contributed by atoms with Crippen LogP contribution >= 0.6 is 23.2 Å². The van der Waals surface area contributed by atoms with E-state index >= 15 is 0 Å². The SMILES string of the molecule is O=C(Cn1nnc(-c2ccc(F)cc2)n1)c1ccc(Cl)cc1Cl. The third-order valence-electron chi connectivity index (χ3n) is 3.07. The van der Waals surface area contributed by atoms with E-state index in [4.69, 9.17) is 23.2 Å². The zero-order chi connectivity index (χ0) is 16.4. The number of carbonyl (C=O) groups excluding carboxylic acids is 1. The van der Waals surface area contributed by atoms with Crippen LogP contribution in [-0.4, -0.2) is 26.0 Å². The number of hydrogen-bond acceptors (Lipinski definition) is 4. The lowest BCUT2D eigenvalue weighted by Crippen LogP contribution is -2.13. The van der Waals surface area contributed by atoms with Gasteiger partial charge in [-0.1, -0.05) is 23.2 Å². The monoisotopic (exact) mass is 350 g/mol. The number of halogens is 3. The summed E-state index contributed by atoms with van der Waals surface area (Å²) in [5, 5.41) is 12.5. The van der Waals surface area contributed by atoms with E-state index in [0.29, 0.717) is 22.0 Å². The molecule has 0 aliphatic heterocycles. The molecule has 116 valence electrons. The van der Waals surface area contributed by atoms with Gasteiger partial charge >= 0.3 is 0 Å². The van der Waals surface area contributed by atoms with Crippen molar-refractivity contribution in [2.75, 3.05) is 0 Å². The van der Waals surface area contributed by atoms with Crippen molar-refractivity contribution in [3.8, 4) is 11.4 Å². The van der Waals surface area contributed by atoms with Crippen molar-refractivity contribution in [1.82, 2.24) is 20.2 Å². The molecule has 1 heterocycles. The smallest absolute Gasteiger partial charge is 0.204 e. The van der Waals surface area contributed by atoms with E-state index in [1.165, 1.54) is 30.3 Å². The zero-order valence-electron chi connectivity index (χ0n) is 11.6. The molecular weight excluding hydrogens is 342 g/mol. The van der Waals surface area contributed by atoms with Gasteiger partial charge in [-0.25, -0.2) is 4.39 Å². The van der Waals surface area contributed by atoms with Crippen molar-refractivity contribution in [1.29, 1.82) is 0 Å². The molecule has 0 aliphatic rings. The Morgan fingerprint density at radius 3 is 2.57 bits per heavy atom. The summed E-state index contributed by atoms with van der Waals surface area (Å²) in [6.07, 6.45) is 0. The number of rotatable bonds is 4. The summed E-state index contributed by atoms with van der Waals surface area (Å²) >= 11 is 11.8. The molecule has 0 saturated carbocycles. The maximum absolute atomic E-state index is 12.9. The molecule has 0 unspecified atom stereocenters. The number of hydrogen-bond donors (Lipinski definition) is 0. The first-order valence-corrected chi connectivity index (χ1v) is 7.30. The van der Waals surface area contributed by atoms with Gasteiger partial charge in [0, 0.05) is 16.1 Å². The normalized spacial score (nSPS) is 10.7. The van der Waals surface area contributed by atoms with E-state index in [1.54, 1.807) is 12.1 Å². The molecule has 0 aliphatic carbocycles. The number of ketones is 1. The number of nitrogens with zero attached hydrogens (tertiary/aromatic N) is 4. The van der Waals surface area contributed by atoms with Crippen molar-refractivity contribution in [3.05, 3.63) is 63.9 Å². The summed E-state index contributed by atoms with van der Waals surface area (Å²) in [5.41, 5.74) is 0.936. The van der Waals surface area contributed by atoms with E-state index in [9.17, 15) is 9.18 Å². The van der Waals surface area contributed by atoms with Gasteiger partial charge in [-0.3, -0.25) is 4.79 Å². The molecule has 0 N–H and O–H groups in total. The van der Waals surface area contributed by atoms with Crippen molar-refractivity contribution in [2.24, 2.45) is 0 Å². The van der Waals surface area contributed by atoms with Crippen LogP contribution in [0.4, 0.5) is 4.39 Å². The number of aromatic nitrogens is 4. The van der Waals surface area contributed by atoms with Gasteiger partial charge in [0.15, 0.2) is 5.78 Å². The van der Waals surface area contributed by atoms with Crippen molar-refractivity contribution >= 4 is 29.0 Å². The van der Waals surface area contributed by atoms with Gasteiger partial charge in [-0.05, 0) is 47.7 Å². The van der Waals surface area contributed by atoms with E-state index in [0.717, 1.165) is 4.80 Å². The fraction of sp³-hybridized carbons (Fsp3) is 0.0667. The van der Waals surface area contributed by atoms with Crippen LogP contribution in [0.2, 0.25) is 10.0 Å². The average Bonchev–Trinajstić information content (AvgIpc) is 2.96. The van der Waals surface area contributed by atoms with E-state index in [2.05, 4.69) is 15.4 Å². The molecular formula is C15H9Cl2FN4O. The highest BCUT2D eigenvalue weighted by atomic mass is 35.5. The number of Topliss-reactive ketones (excluding diaryl/α,β-unsaturated/α-hetero) is 1. The Balaban J connectivity index is 1.78. The molecule has 5 nitrogen and oxygen atoms in total. The molecule has 3 aromatic rings. The Hall–Kier alpha value is -2.31. The Morgan fingerprint density at radius 1 is 1.13 bits per heavy atom. The Morgan fingerprint density at radius 2 is 1.87 bits per heavy atom. The average molecular weight is 351 g/mol. The molecule has 2 aromatic carbocycles. The second kappa shape index (κ2) is 6.44. The fourth-order valence-electron chi connectivity index (χ4n) is 1.95. The molecule has 0 saturated heterocycles. The van der Waals surface area contributed by atoms with Crippen LogP contribution < -0.4 is 0 Å². The van der Waals surface area contributed by atoms with Crippen LogP contribution in [0.5, 0.6) is 0 Å². The maximum Gasteiger partial charge on any atom is 0.204 e. The summed E-state index contributed by atoms with van der Waals surface area (Å²) < 4.78 is 12.9. The standard InChI is InChI=1S/C15H9Cl2FN4O/c16-10-3-6-12(13(17)7-10)14(23)8-22-20-15(19-21-22)9-1-4-11(18)5-2-9/h1-7H,8H2. The highest BCUT2D eigenvalue weighted by Gasteiger charge is 2.14. The summed E-state index contributed by atoms with van der Waals surface area (Å²) in [4.78, 5) is 13.4. The Bertz CT molecular complexity index is 864. The van der Waals surface area contributed by atoms with E-state index < -0.39 is 0 Å². The molecule has 1 aromatic heterocycles. The number of tetrazole rings is 1. The van der Waals surface area contributed by atoms with Gasteiger partial charge in [-0.2, -0.15) is 4.80 Å². The largest absolute Gasteiger partial charge is 0.292 e. The van der Waals surface area contributed by atoms with Gasteiger partial charge in [-0.15, -0.1) is 10.2 Å². The molecule has 0 amide bonds. The van der Waals surface area contributed by atoms with Gasteiger partial charge in [0.2, 0.25) is 5.82 Å². The maximum atomic E-state index is 12.9. The van der Waals surface area contributed by atoms with Gasteiger partial charge in [0.25, 0.3) is 0 Å². The lowest BCUT2D eigenvalue weighted by atomic mass is 10.1. The molecule has 23 heavy (non-hydrogen) atoms. The minimum atomic E-state index is -0.353. The second-order valence-corrected chi connectivity index (χ2v) is 5.54. The van der Waals surface area contributed by atoms with Gasteiger partial charge < -0.3 is 0 Å². The third-order valence-corrected chi connectivity index (χ3v) is 3.62. The lowest BCUT2D eigenvalue weighted by Gasteiger charge is -2.03. The zero-order valence-corrected chi connectivity index (χ0v) is 13.1. The molecule has 8 heteroatoms. The third kappa shape index (κ3) is 3.55.